The lowest BCUT2D eigenvalue weighted by Crippen LogP contribution is -2.63. The van der Waals surface area contributed by atoms with Gasteiger partial charge in [0.25, 0.3) is 0 Å². The number of carboxylic acid groups (broad SMARTS) is 1. The van der Waals surface area contributed by atoms with Gasteiger partial charge in [-0.3, -0.25) is 9.80 Å². The Morgan fingerprint density at radius 3 is 2.33 bits per heavy atom. The van der Waals surface area contributed by atoms with Crippen LogP contribution in [0.15, 0.2) is 54.7 Å². The number of ether oxygens (including phenoxy) is 1. The van der Waals surface area contributed by atoms with E-state index >= 15 is 0 Å². The quantitative estimate of drug-likeness (QED) is 0.374. The number of likely N-dealkylation sites (tertiary alicyclic amines) is 2. The summed E-state index contributed by atoms with van der Waals surface area (Å²) in [5, 5.41) is 19.0. The molecule has 0 saturated carbocycles. The molecule has 0 atom stereocenters. The molecule has 2 aromatic carbocycles. The van der Waals surface area contributed by atoms with Gasteiger partial charge in [0.05, 0.1) is 17.3 Å². The second-order valence-electron chi connectivity index (χ2n) is 12.8. The van der Waals surface area contributed by atoms with Crippen LogP contribution in [0.5, 0.6) is 5.75 Å². The molecule has 11 heteroatoms. The lowest BCUT2D eigenvalue weighted by molar-refractivity contribution is 0.00974. The van der Waals surface area contributed by atoms with E-state index in [1.54, 1.807) is 12.3 Å². The molecule has 10 nitrogen and oxygen atoms in total. The Balaban J connectivity index is 0.979. The Morgan fingerprint density at radius 2 is 1.67 bits per heavy atom. The molecule has 45 heavy (non-hydrogen) atoms. The number of anilines is 1. The third kappa shape index (κ3) is 7.01. The zero-order valence-electron chi connectivity index (χ0n) is 25.9. The van der Waals surface area contributed by atoms with Crippen molar-refractivity contribution < 1.29 is 14.6 Å². The Kier molecular flexibility index (Phi) is 9.13. The summed E-state index contributed by atoms with van der Waals surface area (Å²) in [5.41, 5.74) is 3.13. The summed E-state index contributed by atoms with van der Waals surface area (Å²) < 4.78 is 6.10. The van der Waals surface area contributed by atoms with Gasteiger partial charge < -0.3 is 19.6 Å². The van der Waals surface area contributed by atoms with E-state index in [2.05, 4.69) is 51.7 Å². The number of nitriles is 1. The van der Waals surface area contributed by atoms with Crippen LogP contribution in [0.3, 0.4) is 0 Å². The van der Waals surface area contributed by atoms with Crippen LogP contribution < -0.4 is 9.64 Å². The van der Waals surface area contributed by atoms with Gasteiger partial charge in [-0.2, -0.15) is 5.26 Å². The first-order valence-electron chi connectivity index (χ1n) is 15.7. The van der Waals surface area contributed by atoms with Gasteiger partial charge in [0.2, 0.25) is 5.95 Å². The van der Waals surface area contributed by atoms with Crippen molar-refractivity contribution in [1.29, 1.82) is 5.26 Å². The molecule has 236 valence electrons. The highest BCUT2D eigenvalue weighted by atomic mass is 35.5. The van der Waals surface area contributed by atoms with Crippen LogP contribution in [-0.4, -0.2) is 100 Å². The van der Waals surface area contributed by atoms with Gasteiger partial charge >= 0.3 is 6.09 Å². The molecular formula is C34H40ClN7O3. The molecule has 3 fully saturated rings. The molecule has 0 aliphatic carbocycles. The zero-order chi connectivity index (χ0) is 31.6. The first-order valence-corrected chi connectivity index (χ1v) is 16.0. The first kappa shape index (κ1) is 31.1. The van der Waals surface area contributed by atoms with Crippen LogP contribution in [0.1, 0.15) is 49.1 Å². The molecule has 3 aliphatic heterocycles. The van der Waals surface area contributed by atoms with Gasteiger partial charge in [0.1, 0.15) is 12.4 Å². The number of piperidine rings is 1. The Hall–Kier alpha value is -3.91. The number of amides is 1. The lowest BCUT2D eigenvalue weighted by Gasteiger charge is -2.48. The number of nitrogens with zero attached hydrogens (tertiary/aromatic N) is 7. The summed E-state index contributed by atoms with van der Waals surface area (Å²) in [4.78, 5) is 29.3. The minimum absolute atomic E-state index is 0.333. The third-order valence-electron chi connectivity index (χ3n) is 9.67. The van der Waals surface area contributed by atoms with E-state index in [4.69, 9.17) is 26.4 Å². The maximum absolute atomic E-state index is 11.1. The highest BCUT2D eigenvalue weighted by molar-refractivity contribution is 6.30. The minimum Gasteiger partial charge on any atom is -0.487 e. The SMILES string of the molecule is CC(C)(c1ccc(OCc2ccnc(N3CCN(C4CCN(C5CN(C(=O)O)C5)CC4)CC3)n2)cc1)c1cc(Cl)cc(C#N)c1. The summed E-state index contributed by atoms with van der Waals surface area (Å²) in [6, 6.07) is 18.6. The molecule has 0 spiro atoms. The molecule has 0 bridgehead atoms. The van der Waals surface area contributed by atoms with E-state index in [9.17, 15) is 10.1 Å². The predicted molar refractivity (Wildman–Crippen MR) is 173 cm³/mol. The van der Waals surface area contributed by atoms with Gasteiger partial charge in [0, 0.05) is 81.1 Å². The molecule has 1 N–H and O–H groups in total. The molecular weight excluding hydrogens is 590 g/mol. The van der Waals surface area contributed by atoms with Crippen LogP contribution >= 0.6 is 11.6 Å². The second-order valence-corrected chi connectivity index (χ2v) is 13.2. The molecule has 0 unspecified atom stereocenters. The largest absolute Gasteiger partial charge is 0.487 e. The molecule has 0 radical (unpaired) electrons. The van der Waals surface area contributed by atoms with Gasteiger partial charge in [-0.15, -0.1) is 0 Å². The van der Waals surface area contributed by atoms with E-state index in [0.717, 1.165) is 80.6 Å². The van der Waals surface area contributed by atoms with Gasteiger partial charge in [-0.1, -0.05) is 37.6 Å². The van der Waals surface area contributed by atoms with Crippen molar-refractivity contribution in [3.8, 4) is 11.8 Å². The third-order valence-corrected chi connectivity index (χ3v) is 9.89. The zero-order valence-corrected chi connectivity index (χ0v) is 26.7. The number of benzene rings is 2. The molecule has 4 heterocycles. The molecule has 6 rings (SSSR count). The smallest absolute Gasteiger partial charge is 0.407 e. The summed E-state index contributed by atoms with van der Waals surface area (Å²) in [5.74, 6) is 1.50. The van der Waals surface area contributed by atoms with E-state index < -0.39 is 6.09 Å². The summed E-state index contributed by atoms with van der Waals surface area (Å²) in [6.07, 6.45) is 3.27. The van der Waals surface area contributed by atoms with Crippen molar-refractivity contribution in [2.24, 2.45) is 0 Å². The predicted octanol–water partition coefficient (Wildman–Crippen LogP) is 4.86. The number of piperazine rings is 1. The maximum atomic E-state index is 11.1. The van der Waals surface area contributed by atoms with Gasteiger partial charge in [-0.25, -0.2) is 14.8 Å². The average Bonchev–Trinajstić information content (AvgIpc) is 3.03. The first-order chi connectivity index (χ1) is 21.7. The minimum atomic E-state index is -0.806. The van der Waals surface area contributed by atoms with Crippen LogP contribution in [0.2, 0.25) is 5.02 Å². The van der Waals surface area contributed by atoms with Crippen LogP contribution in [-0.2, 0) is 12.0 Å². The summed E-state index contributed by atoms with van der Waals surface area (Å²) in [7, 11) is 0. The van der Waals surface area contributed by atoms with E-state index in [1.807, 2.05) is 30.3 Å². The molecule has 1 aromatic heterocycles. The van der Waals surface area contributed by atoms with E-state index in [0.29, 0.717) is 42.4 Å². The lowest BCUT2D eigenvalue weighted by atomic mass is 9.78. The number of carbonyl (C=O) groups is 1. The monoisotopic (exact) mass is 629 g/mol. The van der Waals surface area contributed by atoms with E-state index in [1.165, 1.54) is 4.90 Å². The number of aromatic nitrogens is 2. The standard InChI is InChI=1S/C34H40ClN7O3/c1-34(2,26-17-24(20-36)18-27(35)19-26)25-3-5-31(6-4-25)45-23-28-7-10-37-32(38-28)41-15-13-40(14-16-41)29-8-11-39(12-9-29)30-21-42(22-30)33(43)44/h3-7,10,17-19,29-30H,8-9,11-16,21-23H2,1-2H3,(H,43,44). The van der Waals surface area contributed by atoms with Crippen molar-refractivity contribution in [3.05, 3.63) is 82.1 Å². The number of rotatable bonds is 8. The fraction of sp³-hybridized carbons (Fsp3) is 0.471. The van der Waals surface area contributed by atoms with Crippen molar-refractivity contribution in [2.75, 3.05) is 57.3 Å². The van der Waals surface area contributed by atoms with Crippen molar-refractivity contribution in [3.63, 3.8) is 0 Å². The molecule has 3 aromatic rings. The normalized spacial score (nSPS) is 18.8. The maximum Gasteiger partial charge on any atom is 0.407 e. The van der Waals surface area contributed by atoms with Gasteiger partial charge in [-0.05, 0) is 60.4 Å². The van der Waals surface area contributed by atoms with Crippen LogP contribution in [0, 0.1) is 11.3 Å². The average molecular weight is 630 g/mol. The van der Waals surface area contributed by atoms with Gasteiger partial charge in [0.15, 0.2) is 0 Å². The fourth-order valence-corrected chi connectivity index (χ4v) is 6.90. The topological polar surface area (TPSA) is 109 Å². The molecule has 3 aliphatic rings. The Labute approximate surface area is 269 Å². The summed E-state index contributed by atoms with van der Waals surface area (Å²) >= 11 is 6.27. The highest BCUT2D eigenvalue weighted by Gasteiger charge is 2.37. The number of halogens is 1. The second kappa shape index (κ2) is 13.2. The number of hydrogen-bond acceptors (Lipinski definition) is 8. The Bertz CT molecular complexity index is 1540. The van der Waals surface area contributed by atoms with Crippen molar-refractivity contribution in [1.82, 2.24) is 24.7 Å². The number of hydrogen-bond donors (Lipinski definition) is 1. The van der Waals surface area contributed by atoms with Crippen molar-refractivity contribution >= 4 is 23.6 Å². The molecule has 1 amide bonds. The van der Waals surface area contributed by atoms with E-state index in [-0.39, 0.29) is 5.41 Å². The van der Waals surface area contributed by atoms with Crippen molar-refractivity contribution in [2.45, 2.75) is 50.8 Å². The fourth-order valence-electron chi connectivity index (χ4n) is 6.67. The highest BCUT2D eigenvalue weighted by Crippen LogP contribution is 2.34. The molecule has 3 saturated heterocycles. The van der Waals surface area contributed by atoms with Crippen LogP contribution in [0.4, 0.5) is 10.7 Å². The Morgan fingerprint density at radius 1 is 0.978 bits per heavy atom. The summed E-state index contributed by atoms with van der Waals surface area (Å²) in [6.45, 7) is 11.7. The van der Waals surface area contributed by atoms with Crippen LogP contribution in [0.25, 0.3) is 0 Å².